The molecule has 0 spiro atoms. The summed E-state index contributed by atoms with van der Waals surface area (Å²) >= 11 is 0. The van der Waals surface area contributed by atoms with Crippen LogP contribution >= 0.6 is 0 Å². The maximum Gasteiger partial charge on any atom is 0.0195 e. The van der Waals surface area contributed by atoms with E-state index >= 15 is 0 Å². The maximum absolute atomic E-state index is 3.62. The molecular weight excluding hydrogens is 172 g/mol. The molecule has 1 aliphatic rings. The Bertz CT molecular complexity index is 141. The van der Waals surface area contributed by atoms with Gasteiger partial charge in [0.1, 0.15) is 0 Å². The highest BCUT2D eigenvalue weighted by atomic mass is 15.2. The summed E-state index contributed by atoms with van der Waals surface area (Å²) in [5.74, 6) is 0. The molecule has 0 aromatic rings. The minimum atomic E-state index is 0.740. The van der Waals surface area contributed by atoms with Crippen molar-refractivity contribution in [1.82, 2.24) is 10.2 Å². The molecule has 1 aliphatic heterocycles. The highest BCUT2D eigenvalue weighted by molar-refractivity contribution is 4.77. The van der Waals surface area contributed by atoms with E-state index in [4.69, 9.17) is 0 Å². The van der Waals surface area contributed by atoms with Crippen molar-refractivity contribution >= 4 is 0 Å². The van der Waals surface area contributed by atoms with Crippen molar-refractivity contribution in [2.24, 2.45) is 0 Å². The third-order valence-corrected chi connectivity index (χ3v) is 3.49. The molecule has 0 bridgehead atoms. The summed E-state index contributed by atoms with van der Waals surface area (Å²) in [4.78, 5) is 2.60. The number of hydrogen-bond donors (Lipinski definition) is 1. The SMILES string of the molecule is CCC(C)N(CC)CC1CCCCN1. The van der Waals surface area contributed by atoms with Gasteiger partial charge in [0.05, 0.1) is 0 Å². The van der Waals surface area contributed by atoms with Crippen molar-refractivity contribution in [2.45, 2.75) is 58.5 Å². The minimum absolute atomic E-state index is 0.740. The van der Waals surface area contributed by atoms with Crippen LogP contribution in [0.15, 0.2) is 0 Å². The van der Waals surface area contributed by atoms with Crippen LogP contribution in [0.4, 0.5) is 0 Å². The van der Waals surface area contributed by atoms with Crippen LogP contribution in [-0.4, -0.2) is 36.6 Å². The number of hydrogen-bond acceptors (Lipinski definition) is 2. The fraction of sp³-hybridized carbons (Fsp3) is 1.00. The number of nitrogens with one attached hydrogen (secondary N) is 1. The van der Waals surface area contributed by atoms with E-state index in [-0.39, 0.29) is 0 Å². The van der Waals surface area contributed by atoms with Gasteiger partial charge in [0.2, 0.25) is 0 Å². The third kappa shape index (κ3) is 3.58. The van der Waals surface area contributed by atoms with Crippen molar-refractivity contribution in [3.05, 3.63) is 0 Å². The van der Waals surface area contributed by atoms with Crippen molar-refractivity contribution in [1.29, 1.82) is 0 Å². The Hall–Kier alpha value is -0.0800. The zero-order valence-corrected chi connectivity index (χ0v) is 10.1. The van der Waals surface area contributed by atoms with Gasteiger partial charge < -0.3 is 5.32 Å². The van der Waals surface area contributed by atoms with E-state index in [9.17, 15) is 0 Å². The molecule has 0 aromatic carbocycles. The molecule has 1 rings (SSSR count). The van der Waals surface area contributed by atoms with E-state index in [2.05, 4.69) is 31.0 Å². The number of nitrogens with zero attached hydrogens (tertiary/aromatic N) is 1. The van der Waals surface area contributed by atoms with Gasteiger partial charge in [0.15, 0.2) is 0 Å². The zero-order chi connectivity index (χ0) is 10.4. The molecule has 0 aromatic heterocycles. The summed E-state index contributed by atoms with van der Waals surface area (Å²) in [7, 11) is 0. The predicted molar refractivity (Wildman–Crippen MR) is 62.6 cm³/mol. The molecule has 0 radical (unpaired) electrons. The van der Waals surface area contributed by atoms with Gasteiger partial charge in [-0.15, -0.1) is 0 Å². The molecule has 1 N–H and O–H groups in total. The maximum atomic E-state index is 3.62. The van der Waals surface area contributed by atoms with Crippen molar-refractivity contribution < 1.29 is 0 Å². The van der Waals surface area contributed by atoms with Gasteiger partial charge in [-0.2, -0.15) is 0 Å². The fourth-order valence-corrected chi connectivity index (χ4v) is 2.24. The van der Waals surface area contributed by atoms with Crippen LogP contribution in [0.25, 0.3) is 0 Å². The molecule has 0 amide bonds. The Balaban J connectivity index is 2.30. The second-order valence-electron chi connectivity index (χ2n) is 4.49. The van der Waals surface area contributed by atoms with E-state index < -0.39 is 0 Å². The highest BCUT2D eigenvalue weighted by Gasteiger charge is 2.18. The Labute approximate surface area is 89.1 Å². The van der Waals surface area contributed by atoms with Crippen LogP contribution in [0.2, 0.25) is 0 Å². The third-order valence-electron chi connectivity index (χ3n) is 3.49. The first-order valence-electron chi connectivity index (χ1n) is 6.25. The molecule has 1 saturated heterocycles. The van der Waals surface area contributed by atoms with Crippen molar-refractivity contribution in [2.75, 3.05) is 19.6 Å². The largest absolute Gasteiger partial charge is 0.313 e. The standard InChI is InChI=1S/C12H26N2/c1-4-11(3)14(5-2)10-12-8-6-7-9-13-12/h11-13H,4-10H2,1-3H3. The molecule has 84 valence electrons. The van der Waals surface area contributed by atoms with Crippen LogP contribution < -0.4 is 5.32 Å². The summed E-state index contributed by atoms with van der Waals surface area (Å²) in [6.07, 6.45) is 5.41. The van der Waals surface area contributed by atoms with E-state index in [1.54, 1.807) is 0 Å². The number of piperidine rings is 1. The van der Waals surface area contributed by atoms with Gasteiger partial charge in [-0.3, -0.25) is 4.90 Å². The zero-order valence-electron chi connectivity index (χ0n) is 10.1. The van der Waals surface area contributed by atoms with Gasteiger partial charge in [-0.05, 0) is 39.3 Å². The summed E-state index contributed by atoms with van der Waals surface area (Å²) in [6.45, 7) is 10.5. The van der Waals surface area contributed by atoms with Crippen molar-refractivity contribution in [3.8, 4) is 0 Å². The smallest absolute Gasteiger partial charge is 0.0195 e. The molecule has 1 fully saturated rings. The summed E-state index contributed by atoms with van der Waals surface area (Å²) in [6, 6.07) is 1.49. The van der Waals surface area contributed by atoms with E-state index in [0.29, 0.717) is 0 Å². The normalized spacial score (nSPS) is 25.3. The van der Waals surface area contributed by atoms with Crippen LogP contribution in [0.5, 0.6) is 0 Å². The molecule has 14 heavy (non-hydrogen) atoms. The first-order chi connectivity index (χ1) is 6.77. The van der Waals surface area contributed by atoms with E-state index in [1.807, 2.05) is 0 Å². The average Bonchev–Trinajstić information content (AvgIpc) is 2.26. The van der Waals surface area contributed by atoms with Gasteiger partial charge >= 0.3 is 0 Å². The van der Waals surface area contributed by atoms with Gasteiger partial charge in [-0.25, -0.2) is 0 Å². The van der Waals surface area contributed by atoms with E-state index in [0.717, 1.165) is 12.1 Å². The predicted octanol–water partition coefficient (Wildman–Crippen LogP) is 2.25. The first-order valence-corrected chi connectivity index (χ1v) is 6.25. The second kappa shape index (κ2) is 6.41. The lowest BCUT2D eigenvalue weighted by Crippen LogP contribution is -2.46. The number of rotatable bonds is 5. The Morgan fingerprint density at radius 2 is 2.14 bits per heavy atom. The van der Waals surface area contributed by atoms with Crippen molar-refractivity contribution in [3.63, 3.8) is 0 Å². The Morgan fingerprint density at radius 1 is 1.36 bits per heavy atom. The summed E-state index contributed by atoms with van der Waals surface area (Å²) < 4.78 is 0. The molecule has 0 aliphatic carbocycles. The monoisotopic (exact) mass is 198 g/mol. The van der Waals surface area contributed by atoms with Gasteiger partial charge in [0.25, 0.3) is 0 Å². The molecule has 2 nitrogen and oxygen atoms in total. The number of likely N-dealkylation sites (N-methyl/N-ethyl adjacent to an activating group) is 1. The molecule has 2 atom stereocenters. The minimum Gasteiger partial charge on any atom is -0.313 e. The average molecular weight is 198 g/mol. The summed E-state index contributed by atoms with van der Waals surface area (Å²) in [5, 5.41) is 3.62. The molecule has 0 saturated carbocycles. The summed E-state index contributed by atoms with van der Waals surface area (Å²) in [5.41, 5.74) is 0. The molecule has 2 unspecified atom stereocenters. The van der Waals surface area contributed by atoms with Crippen LogP contribution in [0, 0.1) is 0 Å². The van der Waals surface area contributed by atoms with Gasteiger partial charge in [-0.1, -0.05) is 20.3 Å². The Morgan fingerprint density at radius 3 is 2.64 bits per heavy atom. The first kappa shape index (κ1) is 12.0. The van der Waals surface area contributed by atoms with Crippen LogP contribution in [0.1, 0.15) is 46.5 Å². The van der Waals surface area contributed by atoms with Crippen LogP contribution in [-0.2, 0) is 0 Å². The highest BCUT2D eigenvalue weighted by Crippen LogP contribution is 2.11. The molecule has 2 heteroatoms. The van der Waals surface area contributed by atoms with Crippen LogP contribution in [0.3, 0.4) is 0 Å². The molecular formula is C12H26N2. The lowest BCUT2D eigenvalue weighted by molar-refractivity contribution is 0.180. The topological polar surface area (TPSA) is 15.3 Å². The van der Waals surface area contributed by atoms with E-state index in [1.165, 1.54) is 45.3 Å². The second-order valence-corrected chi connectivity index (χ2v) is 4.49. The molecule has 1 heterocycles. The lowest BCUT2D eigenvalue weighted by Gasteiger charge is -2.33. The quantitative estimate of drug-likeness (QED) is 0.729. The lowest BCUT2D eigenvalue weighted by atomic mass is 10.0. The Kier molecular flexibility index (Phi) is 5.49. The van der Waals surface area contributed by atoms with Gasteiger partial charge in [0, 0.05) is 18.6 Å². The fourth-order valence-electron chi connectivity index (χ4n) is 2.24.